The molecule has 1 heterocycles. The number of carbonyl (C=O) groups excluding carboxylic acids is 1. The third kappa shape index (κ3) is 4.70. The lowest BCUT2D eigenvalue weighted by molar-refractivity contribution is -0.139. The van der Waals surface area contributed by atoms with E-state index in [2.05, 4.69) is 45.4 Å². The number of rotatable bonds is 7. The first-order chi connectivity index (χ1) is 15.2. The van der Waals surface area contributed by atoms with E-state index >= 15 is 0 Å². The Hall–Kier alpha value is -3.77. The number of benzene rings is 3. The van der Waals surface area contributed by atoms with Crippen LogP contribution >= 0.6 is 0 Å². The lowest BCUT2D eigenvalue weighted by Gasteiger charge is -2.09. The highest BCUT2D eigenvalue weighted by Gasteiger charge is 2.15. The Morgan fingerprint density at radius 2 is 1.58 bits per heavy atom. The number of ether oxygens (including phenoxy) is 1. The normalized spacial score (nSPS) is 10.8. The Morgan fingerprint density at radius 1 is 0.871 bits per heavy atom. The molecule has 4 rings (SSSR count). The molecule has 3 aromatic carbocycles. The molecule has 0 aliphatic rings. The second-order valence-electron chi connectivity index (χ2n) is 7.13. The van der Waals surface area contributed by atoms with E-state index in [-0.39, 0.29) is 12.5 Å². The van der Waals surface area contributed by atoms with Crippen molar-refractivity contribution in [2.75, 3.05) is 13.7 Å². The van der Waals surface area contributed by atoms with Gasteiger partial charge in [-0.1, -0.05) is 54.6 Å². The summed E-state index contributed by atoms with van der Waals surface area (Å²) in [6.07, 6.45) is 0. The summed E-state index contributed by atoms with van der Waals surface area (Å²) in [4.78, 5) is 11.2. The van der Waals surface area contributed by atoms with E-state index < -0.39 is 0 Å². The van der Waals surface area contributed by atoms with E-state index in [9.17, 15) is 4.79 Å². The maximum Gasteiger partial charge on any atom is 0.319 e. The van der Waals surface area contributed by atoms with Gasteiger partial charge in [0, 0.05) is 17.7 Å². The number of methoxy groups -OCH3 is 1. The standard InChI is InChI=1S/C25H23N3O3/c1-17-21(19-7-4-3-5-8-19)9-6-10-22(17)25-28-27-24(31-25)20-13-11-18(12-14-20)15-26-16-23(29)30-2/h3-14,26H,15-16H2,1-2H3. The smallest absolute Gasteiger partial charge is 0.319 e. The Labute approximate surface area is 180 Å². The molecule has 0 aliphatic heterocycles. The molecule has 1 aromatic heterocycles. The van der Waals surface area contributed by atoms with E-state index in [1.807, 2.05) is 54.6 Å². The van der Waals surface area contributed by atoms with Crippen LogP contribution in [0.1, 0.15) is 11.1 Å². The number of nitrogens with zero attached hydrogens (tertiary/aromatic N) is 2. The number of esters is 1. The van der Waals surface area contributed by atoms with E-state index in [1.165, 1.54) is 7.11 Å². The summed E-state index contributed by atoms with van der Waals surface area (Å²) in [6, 6.07) is 24.1. The van der Waals surface area contributed by atoms with Crippen molar-refractivity contribution >= 4 is 5.97 Å². The molecule has 0 saturated carbocycles. The first-order valence-corrected chi connectivity index (χ1v) is 10.0. The molecule has 0 amide bonds. The molecule has 0 atom stereocenters. The lowest BCUT2D eigenvalue weighted by Crippen LogP contribution is -2.23. The van der Waals surface area contributed by atoms with Crippen LogP contribution in [0.2, 0.25) is 0 Å². The first-order valence-electron chi connectivity index (χ1n) is 10.0. The number of aromatic nitrogens is 2. The fraction of sp³-hybridized carbons (Fsp3) is 0.160. The predicted molar refractivity (Wildman–Crippen MR) is 119 cm³/mol. The van der Waals surface area contributed by atoms with Gasteiger partial charge in [0.05, 0.1) is 13.7 Å². The summed E-state index contributed by atoms with van der Waals surface area (Å²) in [5.41, 5.74) is 6.19. The van der Waals surface area contributed by atoms with E-state index in [4.69, 9.17) is 4.42 Å². The molecule has 0 bridgehead atoms. The zero-order valence-corrected chi connectivity index (χ0v) is 17.5. The highest BCUT2D eigenvalue weighted by atomic mass is 16.5. The largest absolute Gasteiger partial charge is 0.468 e. The molecule has 0 fully saturated rings. The van der Waals surface area contributed by atoms with Gasteiger partial charge in [-0.15, -0.1) is 10.2 Å². The van der Waals surface area contributed by atoms with Crippen LogP contribution in [-0.2, 0) is 16.1 Å². The second-order valence-corrected chi connectivity index (χ2v) is 7.13. The fourth-order valence-corrected chi connectivity index (χ4v) is 3.39. The van der Waals surface area contributed by atoms with Crippen molar-refractivity contribution in [2.45, 2.75) is 13.5 Å². The van der Waals surface area contributed by atoms with Gasteiger partial charge < -0.3 is 14.5 Å². The van der Waals surface area contributed by atoms with Crippen LogP contribution in [0.25, 0.3) is 34.0 Å². The zero-order chi connectivity index (χ0) is 21.6. The summed E-state index contributed by atoms with van der Waals surface area (Å²) in [5, 5.41) is 11.6. The summed E-state index contributed by atoms with van der Waals surface area (Å²) < 4.78 is 10.6. The van der Waals surface area contributed by atoms with Gasteiger partial charge in [0.15, 0.2) is 0 Å². The molecule has 0 spiro atoms. The SMILES string of the molecule is COC(=O)CNCc1ccc(-c2nnc(-c3cccc(-c4ccccc4)c3C)o2)cc1. The number of nitrogens with one attached hydrogen (secondary N) is 1. The third-order valence-corrected chi connectivity index (χ3v) is 5.10. The van der Waals surface area contributed by atoms with Crippen LogP contribution in [-0.4, -0.2) is 29.8 Å². The Kier molecular flexibility index (Phi) is 6.19. The van der Waals surface area contributed by atoms with Crippen molar-refractivity contribution in [1.82, 2.24) is 15.5 Å². The molecular formula is C25H23N3O3. The molecule has 0 radical (unpaired) electrons. The molecular weight excluding hydrogens is 390 g/mol. The second kappa shape index (κ2) is 9.36. The van der Waals surface area contributed by atoms with E-state index in [1.54, 1.807) is 0 Å². The quantitative estimate of drug-likeness (QED) is 0.445. The minimum absolute atomic E-state index is 0.173. The molecule has 4 aromatic rings. The topological polar surface area (TPSA) is 77.2 Å². The van der Waals surface area contributed by atoms with Crippen LogP contribution < -0.4 is 5.32 Å². The van der Waals surface area contributed by atoms with Gasteiger partial charge in [-0.05, 0) is 47.4 Å². The molecule has 31 heavy (non-hydrogen) atoms. The molecule has 6 nitrogen and oxygen atoms in total. The van der Waals surface area contributed by atoms with Gasteiger partial charge in [0.2, 0.25) is 11.8 Å². The van der Waals surface area contributed by atoms with Crippen molar-refractivity contribution in [3.8, 4) is 34.0 Å². The number of hydrogen-bond acceptors (Lipinski definition) is 6. The third-order valence-electron chi connectivity index (χ3n) is 5.10. The van der Waals surface area contributed by atoms with Crippen LogP contribution in [0.4, 0.5) is 0 Å². The van der Waals surface area contributed by atoms with Gasteiger partial charge in [-0.3, -0.25) is 4.79 Å². The Morgan fingerprint density at radius 3 is 2.32 bits per heavy atom. The predicted octanol–water partition coefficient (Wildman–Crippen LogP) is 4.64. The summed E-state index contributed by atoms with van der Waals surface area (Å²) in [5.74, 6) is 0.671. The van der Waals surface area contributed by atoms with Crippen molar-refractivity contribution in [2.24, 2.45) is 0 Å². The monoisotopic (exact) mass is 413 g/mol. The van der Waals surface area contributed by atoms with E-state index in [0.717, 1.165) is 33.4 Å². The van der Waals surface area contributed by atoms with E-state index in [0.29, 0.717) is 18.3 Å². The molecule has 0 unspecified atom stereocenters. The maximum atomic E-state index is 11.2. The van der Waals surface area contributed by atoms with Crippen molar-refractivity contribution in [3.05, 3.63) is 83.9 Å². The van der Waals surface area contributed by atoms with Gasteiger partial charge in [-0.25, -0.2) is 0 Å². The molecule has 0 saturated heterocycles. The molecule has 0 aliphatic carbocycles. The van der Waals surface area contributed by atoms with Crippen molar-refractivity contribution in [3.63, 3.8) is 0 Å². The highest BCUT2D eigenvalue weighted by molar-refractivity contribution is 5.75. The summed E-state index contributed by atoms with van der Waals surface area (Å²) in [6.45, 7) is 2.81. The van der Waals surface area contributed by atoms with Crippen LogP contribution in [0.15, 0.2) is 77.2 Å². The zero-order valence-electron chi connectivity index (χ0n) is 17.5. The maximum absolute atomic E-state index is 11.2. The average Bonchev–Trinajstić information content (AvgIpc) is 3.30. The minimum atomic E-state index is -0.290. The Balaban J connectivity index is 1.52. The lowest BCUT2D eigenvalue weighted by atomic mass is 9.96. The number of carbonyl (C=O) groups is 1. The molecule has 156 valence electrons. The average molecular weight is 413 g/mol. The minimum Gasteiger partial charge on any atom is -0.468 e. The molecule has 1 N–H and O–H groups in total. The number of hydrogen-bond donors (Lipinski definition) is 1. The van der Waals surface area contributed by atoms with Gasteiger partial charge >= 0.3 is 5.97 Å². The van der Waals surface area contributed by atoms with Gasteiger partial charge in [-0.2, -0.15) is 0 Å². The van der Waals surface area contributed by atoms with Crippen molar-refractivity contribution < 1.29 is 13.9 Å². The summed E-state index contributed by atoms with van der Waals surface area (Å²) >= 11 is 0. The molecule has 6 heteroatoms. The van der Waals surface area contributed by atoms with Crippen LogP contribution in [0, 0.1) is 6.92 Å². The highest BCUT2D eigenvalue weighted by Crippen LogP contribution is 2.32. The van der Waals surface area contributed by atoms with Crippen LogP contribution in [0.3, 0.4) is 0 Å². The Bertz CT molecular complexity index is 1170. The van der Waals surface area contributed by atoms with Crippen LogP contribution in [0.5, 0.6) is 0 Å². The van der Waals surface area contributed by atoms with Gasteiger partial charge in [0.1, 0.15) is 0 Å². The van der Waals surface area contributed by atoms with Crippen molar-refractivity contribution in [1.29, 1.82) is 0 Å². The fourth-order valence-electron chi connectivity index (χ4n) is 3.39. The summed E-state index contributed by atoms with van der Waals surface area (Å²) in [7, 11) is 1.37. The first kappa shape index (κ1) is 20.5. The van der Waals surface area contributed by atoms with Gasteiger partial charge in [0.25, 0.3) is 0 Å².